The molecule has 0 spiro atoms. The van der Waals surface area contributed by atoms with Gasteiger partial charge in [-0.2, -0.15) is 0 Å². The molecule has 0 saturated heterocycles. The Morgan fingerprint density at radius 3 is 2.65 bits per heavy atom. The molecule has 3 heteroatoms. The molecule has 0 aliphatic heterocycles. The molecule has 1 N–H and O–H groups in total. The molecular formula is C14H20O3. The van der Waals surface area contributed by atoms with Gasteiger partial charge >= 0.3 is 5.97 Å². The molecule has 1 aromatic carbocycles. The van der Waals surface area contributed by atoms with Crippen molar-refractivity contribution in [1.82, 2.24) is 0 Å². The monoisotopic (exact) mass is 236 g/mol. The molecule has 0 fully saturated rings. The van der Waals surface area contributed by atoms with Gasteiger partial charge in [-0.05, 0) is 36.5 Å². The fraction of sp³-hybridized carbons (Fsp3) is 0.500. The molecule has 0 atom stereocenters. The second-order valence-corrected chi connectivity index (χ2v) is 4.70. The van der Waals surface area contributed by atoms with Crippen LogP contribution in [0.1, 0.15) is 31.4 Å². The van der Waals surface area contributed by atoms with Crippen molar-refractivity contribution in [1.29, 1.82) is 0 Å². The average Bonchev–Trinajstić information content (AvgIpc) is 2.24. The summed E-state index contributed by atoms with van der Waals surface area (Å²) in [6, 6.07) is 5.86. The van der Waals surface area contributed by atoms with Gasteiger partial charge in [-0.1, -0.05) is 26.0 Å². The van der Waals surface area contributed by atoms with Gasteiger partial charge in [-0.15, -0.1) is 0 Å². The standard InChI is InChI=1S/C14H20O3/c1-10(2)9-17-13-6-4-12(8-11(13)3)5-7-14(15)16/h4,6,8,10H,5,7,9H2,1-3H3,(H,15,16). The predicted octanol–water partition coefficient (Wildman–Crippen LogP) is 3.05. The molecule has 0 aliphatic carbocycles. The van der Waals surface area contributed by atoms with E-state index in [1.807, 2.05) is 25.1 Å². The Hall–Kier alpha value is -1.51. The van der Waals surface area contributed by atoms with E-state index in [0.717, 1.165) is 16.9 Å². The van der Waals surface area contributed by atoms with Gasteiger partial charge in [-0.25, -0.2) is 0 Å². The zero-order valence-corrected chi connectivity index (χ0v) is 10.7. The van der Waals surface area contributed by atoms with Gasteiger partial charge in [0.2, 0.25) is 0 Å². The van der Waals surface area contributed by atoms with Gasteiger partial charge in [0.15, 0.2) is 0 Å². The van der Waals surface area contributed by atoms with Crippen molar-refractivity contribution in [2.45, 2.75) is 33.6 Å². The first-order valence-electron chi connectivity index (χ1n) is 5.93. The van der Waals surface area contributed by atoms with Gasteiger partial charge in [0, 0.05) is 6.42 Å². The van der Waals surface area contributed by atoms with Gasteiger partial charge in [0.25, 0.3) is 0 Å². The Labute approximate surface area is 102 Å². The number of benzene rings is 1. The van der Waals surface area contributed by atoms with Crippen LogP contribution >= 0.6 is 0 Å². The zero-order valence-electron chi connectivity index (χ0n) is 10.7. The van der Waals surface area contributed by atoms with Crippen LogP contribution in [0.15, 0.2) is 18.2 Å². The average molecular weight is 236 g/mol. The maximum absolute atomic E-state index is 10.5. The number of carboxylic acids is 1. The van der Waals surface area contributed by atoms with Crippen LogP contribution in [0.5, 0.6) is 5.75 Å². The van der Waals surface area contributed by atoms with Crippen LogP contribution in [0.2, 0.25) is 0 Å². The summed E-state index contributed by atoms with van der Waals surface area (Å²) < 4.78 is 5.66. The fourth-order valence-electron chi connectivity index (χ4n) is 1.54. The quantitative estimate of drug-likeness (QED) is 0.825. The molecule has 0 unspecified atom stereocenters. The van der Waals surface area contributed by atoms with Crippen molar-refractivity contribution in [2.24, 2.45) is 5.92 Å². The molecule has 0 heterocycles. The number of hydrogen-bond acceptors (Lipinski definition) is 2. The van der Waals surface area contributed by atoms with E-state index in [4.69, 9.17) is 9.84 Å². The molecule has 17 heavy (non-hydrogen) atoms. The summed E-state index contributed by atoms with van der Waals surface area (Å²) in [4.78, 5) is 10.5. The molecule has 0 aliphatic rings. The molecule has 0 aromatic heterocycles. The smallest absolute Gasteiger partial charge is 0.303 e. The molecule has 1 aromatic rings. The minimum Gasteiger partial charge on any atom is -0.493 e. The maximum atomic E-state index is 10.5. The largest absolute Gasteiger partial charge is 0.493 e. The van der Waals surface area contributed by atoms with Gasteiger partial charge in [0.1, 0.15) is 5.75 Å². The van der Waals surface area contributed by atoms with Crippen LogP contribution in [-0.2, 0) is 11.2 Å². The molecule has 0 amide bonds. The van der Waals surface area contributed by atoms with Crippen molar-refractivity contribution >= 4 is 5.97 Å². The highest BCUT2D eigenvalue weighted by Gasteiger charge is 2.04. The minimum absolute atomic E-state index is 0.172. The Morgan fingerprint density at radius 1 is 1.41 bits per heavy atom. The van der Waals surface area contributed by atoms with Crippen molar-refractivity contribution in [3.05, 3.63) is 29.3 Å². The fourth-order valence-corrected chi connectivity index (χ4v) is 1.54. The van der Waals surface area contributed by atoms with Crippen LogP contribution in [-0.4, -0.2) is 17.7 Å². The number of ether oxygens (including phenoxy) is 1. The highest BCUT2D eigenvalue weighted by atomic mass is 16.5. The van der Waals surface area contributed by atoms with E-state index in [9.17, 15) is 4.79 Å². The molecule has 94 valence electrons. The summed E-state index contributed by atoms with van der Waals surface area (Å²) in [6.45, 7) is 6.91. The summed E-state index contributed by atoms with van der Waals surface area (Å²) in [7, 11) is 0. The zero-order chi connectivity index (χ0) is 12.8. The summed E-state index contributed by atoms with van der Waals surface area (Å²) in [5.41, 5.74) is 2.11. The molecule has 3 nitrogen and oxygen atoms in total. The first-order valence-corrected chi connectivity index (χ1v) is 5.93. The van der Waals surface area contributed by atoms with E-state index >= 15 is 0 Å². The second-order valence-electron chi connectivity index (χ2n) is 4.70. The number of aliphatic carboxylic acids is 1. The summed E-state index contributed by atoms with van der Waals surface area (Å²) in [5.74, 6) is 0.627. The first-order chi connectivity index (χ1) is 7.99. The molecule has 0 bridgehead atoms. The van der Waals surface area contributed by atoms with Crippen LogP contribution in [0, 0.1) is 12.8 Å². The van der Waals surface area contributed by atoms with Gasteiger partial charge in [0.05, 0.1) is 6.61 Å². The second kappa shape index (κ2) is 6.28. The first kappa shape index (κ1) is 13.6. The summed E-state index contributed by atoms with van der Waals surface area (Å²) in [6.07, 6.45) is 0.742. The molecule has 0 radical (unpaired) electrons. The van der Waals surface area contributed by atoms with Crippen LogP contribution in [0.3, 0.4) is 0 Å². The van der Waals surface area contributed by atoms with E-state index in [1.54, 1.807) is 0 Å². The van der Waals surface area contributed by atoms with Crippen LogP contribution in [0.4, 0.5) is 0 Å². The molecule has 0 saturated carbocycles. The van der Waals surface area contributed by atoms with E-state index in [-0.39, 0.29) is 6.42 Å². The van der Waals surface area contributed by atoms with E-state index in [1.165, 1.54) is 0 Å². The topological polar surface area (TPSA) is 46.5 Å². The highest BCUT2D eigenvalue weighted by Crippen LogP contribution is 2.20. The van der Waals surface area contributed by atoms with Crippen molar-refractivity contribution in [3.8, 4) is 5.75 Å². The third-order valence-corrected chi connectivity index (χ3v) is 2.44. The lowest BCUT2D eigenvalue weighted by Gasteiger charge is -2.12. The van der Waals surface area contributed by atoms with Crippen molar-refractivity contribution in [2.75, 3.05) is 6.61 Å². The number of rotatable bonds is 6. The predicted molar refractivity (Wildman–Crippen MR) is 67.5 cm³/mol. The van der Waals surface area contributed by atoms with Crippen LogP contribution in [0.25, 0.3) is 0 Å². The Bertz CT molecular complexity index is 383. The van der Waals surface area contributed by atoms with E-state index < -0.39 is 5.97 Å². The van der Waals surface area contributed by atoms with Crippen molar-refractivity contribution < 1.29 is 14.6 Å². The maximum Gasteiger partial charge on any atom is 0.303 e. The van der Waals surface area contributed by atoms with E-state index in [2.05, 4.69) is 13.8 Å². The Kier molecular flexibility index (Phi) is 5.01. The summed E-state index contributed by atoms with van der Waals surface area (Å²) >= 11 is 0. The lowest BCUT2D eigenvalue weighted by molar-refractivity contribution is -0.136. The highest BCUT2D eigenvalue weighted by molar-refractivity contribution is 5.67. The number of carboxylic acid groups (broad SMARTS) is 1. The van der Waals surface area contributed by atoms with E-state index in [0.29, 0.717) is 18.9 Å². The van der Waals surface area contributed by atoms with Gasteiger partial charge < -0.3 is 9.84 Å². The molecular weight excluding hydrogens is 216 g/mol. The lowest BCUT2D eigenvalue weighted by atomic mass is 10.1. The number of carbonyl (C=O) groups is 1. The third-order valence-electron chi connectivity index (χ3n) is 2.44. The third kappa shape index (κ3) is 4.89. The van der Waals surface area contributed by atoms with Crippen LogP contribution < -0.4 is 4.74 Å². The molecule has 1 rings (SSSR count). The number of aryl methyl sites for hydroxylation is 2. The number of hydrogen-bond donors (Lipinski definition) is 1. The minimum atomic E-state index is -0.761. The van der Waals surface area contributed by atoms with Gasteiger partial charge in [-0.3, -0.25) is 4.79 Å². The lowest BCUT2D eigenvalue weighted by Crippen LogP contribution is -2.05. The SMILES string of the molecule is Cc1cc(CCC(=O)O)ccc1OCC(C)C. The Morgan fingerprint density at radius 2 is 2.12 bits per heavy atom. The van der Waals surface area contributed by atoms with Crippen molar-refractivity contribution in [3.63, 3.8) is 0 Å². The normalized spacial score (nSPS) is 10.6. The Balaban J connectivity index is 2.62. The summed E-state index contributed by atoms with van der Waals surface area (Å²) in [5, 5.41) is 8.62.